The summed E-state index contributed by atoms with van der Waals surface area (Å²) in [6.45, 7) is 2.45. The zero-order valence-electron chi connectivity index (χ0n) is 20.9. The van der Waals surface area contributed by atoms with Crippen LogP contribution in [0.1, 0.15) is 28.4 Å². The summed E-state index contributed by atoms with van der Waals surface area (Å²) in [6, 6.07) is 18.3. The van der Waals surface area contributed by atoms with E-state index in [-0.39, 0.29) is 11.9 Å². The minimum absolute atomic E-state index is 0.164. The molecule has 0 aromatic heterocycles. The topological polar surface area (TPSA) is 77.4 Å². The van der Waals surface area contributed by atoms with Gasteiger partial charge in [-0.15, -0.1) is 0 Å². The molecule has 1 aliphatic rings. The second-order valence-corrected chi connectivity index (χ2v) is 10.9. The van der Waals surface area contributed by atoms with Crippen LogP contribution in [0.5, 0.6) is 11.5 Å². The lowest BCUT2D eigenvalue weighted by Crippen LogP contribution is -2.23. The van der Waals surface area contributed by atoms with Crippen LogP contribution >= 0.6 is 43.6 Å². The number of likely N-dealkylation sites (N-methyl/N-ethyl adjacent to an activating group) is 1. The SMILES string of the molecule is CCOC(=O)c1ccc(N=C2SC(=Cc3cc(Br)c(OCc4ccc(Br)cc4)c(OC)c3)C(=O)N2C)cc1. The Morgan fingerprint density at radius 3 is 2.45 bits per heavy atom. The molecule has 3 aromatic carbocycles. The Balaban J connectivity index is 1.52. The summed E-state index contributed by atoms with van der Waals surface area (Å²) in [5.74, 6) is 0.574. The largest absolute Gasteiger partial charge is 0.493 e. The molecule has 0 N–H and O–H groups in total. The number of amidine groups is 1. The summed E-state index contributed by atoms with van der Waals surface area (Å²) in [7, 11) is 3.25. The molecular formula is C28H24Br2N2O5S. The van der Waals surface area contributed by atoms with Crippen molar-refractivity contribution in [2.24, 2.45) is 4.99 Å². The number of ether oxygens (including phenoxy) is 3. The molecule has 196 valence electrons. The fraction of sp³-hybridized carbons (Fsp3) is 0.179. The van der Waals surface area contributed by atoms with Crippen LogP contribution in [0.15, 0.2) is 79.5 Å². The molecule has 1 heterocycles. The van der Waals surface area contributed by atoms with E-state index in [2.05, 4.69) is 36.9 Å². The number of aliphatic imine (C=N–C) groups is 1. The van der Waals surface area contributed by atoms with Gasteiger partial charge in [0.1, 0.15) is 6.61 Å². The maximum Gasteiger partial charge on any atom is 0.338 e. The zero-order chi connectivity index (χ0) is 27.2. The Morgan fingerprint density at radius 1 is 1.08 bits per heavy atom. The molecule has 0 unspecified atom stereocenters. The van der Waals surface area contributed by atoms with E-state index >= 15 is 0 Å². The van der Waals surface area contributed by atoms with Crippen molar-refractivity contribution in [2.75, 3.05) is 20.8 Å². The van der Waals surface area contributed by atoms with Gasteiger partial charge in [-0.05, 0) is 100 Å². The zero-order valence-corrected chi connectivity index (χ0v) is 24.9. The average molecular weight is 660 g/mol. The maximum atomic E-state index is 12.9. The first kappa shape index (κ1) is 27.9. The van der Waals surface area contributed by atoms with E-state index in [9.17, 15) is 9.59 Å². The monoisotopic (exact) mass is 658 g/mol. The van der Waals surface area contributed by atoms with Gasteiger partial charge in [0.05, 0.1) is 34.3 Å². The number of amides is 1. The van der Waals surface area contributed by atoms with Crippen molar-refractivity contribution >= 4 is 72.4 Å². The Labute approximate surface area is 242 Å². The number of hydrogen-bond donors (Lipinski definition) is 0. The molecule has 1 fully saturated rings. The molecule has 0 saturated carbocycles. The summed E-state index contributed by atoms with van der Waals surface area (Å²) >= 11 is 8.29. The van der Waals surface area contributed by atoms with Gasteiger partial charge in [-0.25, -0.2) is 9.79 Å². The van der Waals surface area contributed by atoms with Crippen LogP contribution in [0.25, 0.3) is 6.08 Å². The molecule has 7 nitrogen and oxygen atoms in total. The van der Waals surface area contributed by atoms with Gasteiger partial charge in [0, 0.05) is 11.5 Å². The van der Waals surface area contributed by atoms with E-state index in [0.717, 1.165) is 15.6 Å². The number of nitrogens with zero attached hydrogens (tertiary/aromatic N) is 2. The smallest absolute Gasteiger partial charge is 0.338 e. The van der Waals surface area contributed by atoms with Gasteiger partial charge in [-0.2, -0.15) is 0 Å². The van der Waals surface area contributed by atoms with E-state index in [1.54, 1.807) is 51.4 Å². The van der Waals surface area contributed by atoms with Crippen molar-refractivity contribution in [3.63, 3.8) is 0 Å². The highest BCUT2D eigenvalue weighted by molar-refractivity contribution is 9.10. The van der Waals surface area contributed by atoms with Crippen molar-refractivity contribution < 1.29 is 23.8 Å². The molecule has 38 heavy (non-hydrogen) atoms. The van der Waals surface area contributed by atoms with Crippen LogP contribution < -0.4 is 9.47 Å². The summed E-state index contributed by atoms with van der Waals surface area (Å²) in [5, 5.41) is 0.533. The van der Waals surface area contributed by atoms with E-state index < -0.39 is 0 Å². The molecule has 3 aromatic rings. The van der Waals surface area contributed by atoms with Crippen molar-refractivity contribution in [2.45, 2.75) is 13.5 Å². The highest BCUT2D eigenvalue weighted by atomic mass is 79.9. The van der Waals surface area contributed by atoms with Crippen LogP contribution in [0.3, 0.4) is 0 Å². The quantitative estimate of drug-likeness (QED) is 0.188. The number of benzene rings is 3. The normalized spacial score (nSPS) is 15.3. The lowest BCUT2D eigenvalue weighted by Gasteiger charge is -2.14. The number of carbonyl (C=O) groups is 2. The molecular weight excluding hydrogens is 636 g/mol. The van der Waals surface area contributed by atoms with Crippen LogP contribution in [0.2, 0.25) is 0 Å². The lowest BCUT2D eigenvalue weighted by molar-refractivity contribution is -0.121. The number of carbonyl (C=O) groups excluding carboxylic acids is 2. The second-order valence-electron chi connectivity index (χ2n) is 8.09. The van der Waals surface area contributed by atoms with Gasteiger partial charge < -0.3 is 14.2 Å². The number of thioether (sulfide) groups is 1. The van der Waals surface area contributed by atoms with Gasteiger partial charge in [-0.3, -0.25) is 9.69 Å². The number of hydrogen-bond acceptors (Lipinski definition) is 7. The van der Waals surface area contributed by atoms with Crippen molar-refractivity contribution in [1.29, 1.82) is 0 Å². The molecule has 0 atom stereocenters. The van der Waals surface area contributed by atoms with Crippen LogP contribution in [0, 0.1) is 0 Å². The summed E-state index contributed by atoms with van der Waals surface area (Å²) in [5.41, 5.74) is 2.86. The molecule has 1 saturated heterocycles. The predicted molar refractivity (Wildman–Crippen MR) is 157 cm³/mol. The molecule has 0 radical (unpaired) electrons. The van der Waals surface area contributed by atoms with Gasteiger partial charge in [0.2, 0.25) is 0 Å². The number of halogens is 2. The Bertz CT molecular complexity index is 1410. The highest BCUT2D eigenvalue weighted by Crippen LogP contribution is 2.39. The molecule has 0 spiro atoms. The molecule has 10 heteroatoms. The highest BCUT2D eigenvalue weighted by Gasteiger charge is 2.30. The van der Waals surface area contributed by atoms with Crippen molar-refractivity contribution in [1.82, 2.24) is 4.90 Å². The summed E-state index contributed by atoms with van der Waals surface area (Å²) in [6.07, 6.45) is 1.79. The standard InChI is InChI=1S/C28H24Br2N2O5S/c1-4-36-27(34)19-7-11-21(12-8-19)31-28-32(2)26(33)24(38-28)15-18-13-22(30)25(23(14-18)35-3)37-16-17-5-9-20(29)10-6-17/h5-15H,4,16H2,1-3H3. The van der Waals surface area contributed by atoms with E-state index in [0.29, 0.717) is 50.5 Å². The Hall–Kier alpha value is -3.08. The third-order valence-corrected chi connectivity index (χ3v) is 7.63. The fourth-order valence-corrected chi connectivity index (χ4v) is 5.32. The summed E-state index contributed by atoms with van der Waals surface area (Å²) in [4.78, 5) is 31.4. The van der Waals surface area contributed by atoms with Gasteiger partial charge in [-0.1, -0.05) is 28.1 Å². The number of esters is 1. The maximum absolute atomic E-state index is 12.9. The van der Waals surface area contributed by atoms with Crippen LogP contribution in [-0.4, -0.2) is 42.7 Å². The van der Waals surface area contributed by atoms with Crippen LogP contribution in [-0.2, 0) is 16.1 Å². The molecule has 4 rings (SSSR count). The third kappa shape index (κ3) is 6.67. The number of rotatable bonds is 8. The lowest BCUT2D eigenvalue weighted by atomic mass is 10.1. The first-order chi connectivity index (χ1) is 18.3. The van der Waals surface area contributed by atoms with Crippen LogP contribution in [0.4, 0.5) is 5.69 Å². The minimum Gasteiger partial charge on any atom is -0.493 e. The third-order valence-electron chi connectivity index (χ3n) is 5.45. The molecule has 1 amide bonds. The second kappa shape index (κ2) is 12.6. The van der Waals surface area contributed by atoms with Gasteiger partial charge in [0.15, 0.2) is 16.7 Å². The molecule has 0 aliphatic carbocycles. The Kier molecular flexibility index (Phi) is 9.30. The fourth-order valence-electron chi connectivity index (χ4n) is 3.50. The number of methoxy groups -OCH3 is 1. The minimum atomic E-state index is -0.384. The van der Waals surface area contributed by atoms with E-state index in [1.165, 1.54) is 16.7 Å². The first-order valence-corrected chi connectivity index (χ1v) is 14.0. The van der Waals surface area contributed by atoms with Crippen molar-refractivity contribution in [3.8, 4) is 11.5 Å². The van der Waals surface area contributed by atoms with E-state index in [1.807, 2.05) is 36.4 Å². The van der Waals surface area contributed by atoms with Gasteiger partial charge in [0.25, 0.3) is 5.91 Å². The van der Waals surface area contributed by atoms with E-state index in [4.69, 9.17) is 14.2 Å². The summed E-state index contributed by atoms with van der Waals surface area (Å²) < 4.78 is 18.3. The van der Waals surface area contributed by atoms with Crippen molar-refractivity contribution in [3.05, 3.63) is 91.2 Å². The average Bonchev–Trinajstić information content (AvgIpc) is 3.16. The molecule has 1 aliphatic heterocycles. The predicted octanol–water partition coefficient (Wildman–Crippen LogP) is 7.21. The first-order valence-electron chi connectivity index (χ1n) is 11.6. The van der Waals surface area contributed by atoms with Gasteiger partial charge >= 0.3 is 5.97 Å². The molecule has 0 bridgehead atoms. The Morgan fingerprint density at radius 2 is 1.79 bits per heavy atom.